The standard InChI is InChI=1S/C20H38O/c21-19-20-17-15-13-11-9-7-5-3-1-2-4-6-8-10-12-14-16-18-20/h19-20H,1-18H2. The highest BCUT2D eigenvalue weighted by atomic mass is 16.1. The molecule has 1 nitrogen and oxygen atoms in total. The number of rotatable bonds is 1. The average molecular weight is 295 g/mol. The normalized spacial score (nSPS) is 23.6. The van der Waals surface area contributed by atoms with Crippen molar-refractivity contribution in [3.05, 3.63) is 0 Å². The molecule has 1 heteroatoms. The van der Waals surface area contributed by atoms with Crippen molar-refractivity contribution in [1.82, 2.24) is 0 Å². The smallest absolute Gasteiger partial charge is 0.123 e. The summed E-state index contributed by atoms with van der Waals surface area (Å²) >= 11 is 0. The van der Waals surface area contributed by atoms with Gasteiger partial charge in [-0.15, -0.1) is 0 Å². The minimum absolute atomic E-state index is 0.354. The highest BCUT2D eigenvalue weighted by molar-refractivity contribution is 5.53. The van der Waals surface area contributed by atoms with Crippen molar-refractivity contribution in [3.63, 3.8) is 0 Å². The Morgan fingerprint density at radius 2 is 0.667 bits per heavy atom. The number of carbonyl (C=O) groups is 1. The molecule has 0 aliphatic heterocycles. The van der Waals surface area contributed by atoms with Gasteiger partial charge in [0.2, 0.25) is 0 Å². The molecule has 1 aliphatic rings. The van der Waals surface area contributed by atoms with Gasteiger partial charge in [-0.1, -0.05) is 103 Å². The zero-order chi connectivity index (χ0) is 15.0. The fraction of sp³-hybridized carbons (Fsp3) is 0.950. The SMILES string of the molecule is O=CC1CCCCCCCCCCCCCCCCCC1. The fourth-order valence-electron chi connectivity index (χ4n) is 3.57. The van der Waals surface area contributed by atoms with Crippen molar-refractivity contribution < 1.29 is 4.79 Å². The largest absolute Gasteiger partial charge is 0.303 e. The van der Waals surface area contributed by atoms with Crippen molar-refractivity contribution in [1.29, 1.82) is 0 Å². The predicted molar refractivity (Wildman–Crippen MR) is 92.7 cm³/mol. The lowest BCUT2D eigenvalue weighted by Crippen LogP contribution is -2.02. The van der Waals surface area contributed by atoms with Crippen LogP contribution in [0, 0.1) is 5.92 Å². The van der Waals surface area contributed by atoms with Gasteiger partial charge in [0.15, 0.2) is 0 Å². The maximum Gasteiger partial charge on any atom is 0.123 e. The number of aldehydes is 1. The van der Waals surface area contributed by atoms with Gasteiger partial charge in [-0.25, -0.2) is 0 Å². The Balaban J connectivity index is 2.16. The topological polar surface area (TPSA) is 17.1 Å². The summed E-state index contributed by atoms with van der Waals surface area (Å²) in [4.78, 5) is 11.1. The molecule has 0 amide bonds. The lowest BCUT2D eigenvalue weighted by atomic mass is 9.95. The van der Waals surface area contributed by atoms with Gasteiger partial charge in [0.25, 0.3) is 0 Å². The Bertz CT molecular complexity index is 204. The number of carbonyl (C=O) groups excluding carboxylic acids is 1. The molecule has 0 aromatic rings. The van der Waals surface area contributed by atoms with Crippen LogP contribution in [0.25, 0.3) is 0 Å². The Kier molecular flexibility index (Phi) is 13.0. The molecule has 0 aromatic carbocycles. The first kappa shape index (κ1) is 18.7. The third-order valence-electron chi connectivity index (χ3n) is 5.09. The van der Waals surface area contributed by atoms with Crippen molar-refractivity contribution in [2.45, 2.75) is 116 Å². The molecule has 0 aromatic heterocycles. The molecule has 0 heterocycles. The second-order valence-electron chi connectivity index (χ2n) is 7.13. The zero-order valence-corrected chi connectivity index (χ0v) is 14.3. The minimum Gasteiger partial charge on any atom is -0.303 e. The first-order valence-corrected chi connectivity index (χ1v) is 9.89. The van der Waals surface area contributed by atoms with Crippen LogP contribution in [0.15, 0.2) is 0 Å². The van der Waals surface area contributed by atoms with Crippen LogP contribution in [0.1, 0.15) is 116 Å². The molecule has 1 aliphatic carbocycles. The van der Waals surface area contributed by atoms with Crippen LogP contribution in [0.5, 0.6) is 0 Å². The molecular formula is C20H38O. The minimum atomic E-state index is 0.354. The summed E-state index contributed by atoms with van der Waals surface area (Å²) in [7, 11) is 0. The summed E-state index contributed by atoms with van der Waals surface area (Å²) in [6.45, 7) is 0. The van der Waals surface area contributed by atoms with E-state index in [0.717, 1.165) is 12.8 Å². The van der Waals surface area contributed by atoms with E-state index in [4.69, 9.17) is 0 Å². The summed E-state index contributed by atoms with van der Waals surface area (Å²) in [5.41, 5.74) is 0. The van der Waals surface area contributed by atoms with E-state index in [1.807, 2.05) is 0 Å². The van der Waals surface area contributed by atoms with E-state index in [1.165, 1.54) is 109 Å². The third-order valence-corrected chi connectivity index (χ3v) is 5.09. The molecule has 0 saturated heterocycles. The quantitative estimate of drug-likeness (QED) is 0.484. The summed E-state index contributed by atoms with van der Waals surface area (Å²) in [5.74, 6) is 0.354. The molecular weight excluding hydrogens is 256 g/mol. The molecule has 0 bridgehead atoms. The molecule has 0 unspecified atom stereocenters. The van der Waals surface area contributed by atoms with Crippen LogP contribution in [-0.4, -0.2) is 6.29 Å². The Labute approximate surface area is 133 Å². The molecule has 0 radical (unpaired) electrons. The van der Waals surface area contributed by atoms with Crippen molar-refractivity contribution in [3.8, 4) is 0 Å². The van der Waals surface area contributed by atoms with Crippen LogP contribution in [0.4, 0.5) is 0 Å². The van der Waals surface area contributed by atoms with E-state index < -0.39 is 0 Å². The van der Waals surface area contributed by atoms with Crippen LogP contribution >= 0.6 is 0 Å². The monoisotopic (exact) mass is 294 g/mol. The average Bonchev–Trinajstić information content (AvgIpc) is 2.51. The van der Waals surface area contributed by atoms with Crippen LogP contribution in [-0.2, 0) is 4.79 Å². The summed E-state index contributed by atoms with van der Waals surface area (Å²) in [6.07, 6.45) is 25.9. The van der Waals surface area contributed by atoms with E-state index in [0.29, 0.717) is 5.92 Å². The highest BCUT2D eigenvalue weighted by Gasteiger charge is 2.06. The number of hydrogen-bond acceptors (Lipinski definition) is 1. The van der Waals surface area contributed by atoms with Crippen molar-refractivity contribution in [2.24, 2.45) is 5.92 Å². The van der Waals surface area contributed by atoms with Gasteiger partial charge in [0, 0.05) is 5.92 Å². The maximum absolute atomic E-state index is 11.1. The van der Waals surface area contributed by atoms with Crippen molar-refractivity contribution in [2.75, 3.05) is 0 Å². The molecule has 124 valence electrons. The highest BCUT2D eigenvalue weighted by Crippen LogP contribution is 2.19. The van der Waals surface area contributed by atoms with E-state index in [1.54, 1.807) is 0 Å². The van der Waals surface area contributed by atoms with Crippen LogP contribution in [0.3, 0.4) is 0 Å². The Morgan fingerprint density at radius 1 is 0.429 bits per heavy atom. The van der Waals surface area contributed by atoms with Gasteiger partial charge < -0.3 is 4.79 Å². The lowest BCUT2D eigenvalue weighted by Gasteiger charge is -2.10. The van der Waals surface area contributed by atoms with Crippen LogP contribution in [0.2, 0.25) is 0 Å². The second kappa shape index (κ2) is 14.6. The zero-order valence-electron chi connectivity index (χ0n) is 14.3. The van der Waals surface area contributed by atoms with Crippen LogP contribution < -0.4 is 0 Å². The second-order valence-corrected chi connectivity index (χ2v) is 7.13. The van der Waals surface area contributed by atoms with Gasteiger partial charge in [-0.3, -0.25) is 0 Å². The van der Waals surface area contributed by atoms with Gasteiger partial charge in [0.1, 0.15) is 6.29 Å². The van der Waals surface area contributed by atoms with E-state index >= 15 is 0 Å². The molecule has 0 spiro atoms. The lowest BCUT2D eigenvalue weighted by molar-refractivity contribution is -0.111. The maximum atomic E-state index is 11.1. The molecule has 0 N–H and O–H groups in total. The molecule has 1 fully saturated rings. The van der Waals surface area contributed by atoms with E-state index in [-0.39, 0.29) is 0 Å². The van der Waals surface area contributed by atoms with Gasteiger partial charge in [-0.05, 0) is 12.8 Å². The Hall–Kier alpha value is -0.330. The van der Waals surface area contributed by atoms with Gasteiger partial charge in [0.05, 0.1) is 0 Å². The molecule has 21 heavy (non-hydrogen) atoms. The first-order chi connectivity index (χ1) is 10.4. The van der Waals surface area contributed by atoms with E-state index in [2.05, 4.69) is 0 Å². The Morgan fingerprint density at radius 3 is 0.905 bits per heavy atom. The molecule has 0 atom stereocenters. The van der Waals surface area contributed by atoms with Gasteiger partial charge in [-0.2, -0.15) is 0 Å². The van der Waals surface area contributed by atoms with E-state index in [9.17, 15) is 4.79 Å². The summed E-state index contributed by atoms with van der Waals surface area (Å²) in [6, 6.07) is 0. The molecule has 1 saturated carbocycles. The third kappa shape index (κ3) is 12.0. The van der Waals surface area contributed by atoms with Crippen molar-refractivity contribution >= 4 is 6.29 Å². The first-order valence-electron chi connectivity index (χ1n) is 9.89. The molecule has 1 rings (SSSR count). The summed E-state index contributed by atoms with van der Waals surface area (Å²) < 4.78 is 0. The fourth-order valence-corrected chi connectivity index (χ4v) is 3.57. The number of hydrogen-bond donors (Lipinski definition) is 0. The summed E-state index contributed by atoms with van der Waals surface area (Å²) in [5, 5.41) is 0. The van der Waals surface area contributed by atoms with Gasteiger partial charge >= 0.3 is 0 Å². The predicted octanol–water partition coefficient (Wildman–Crippen LogP) is 6.84.